The molecule has 1 saturated heterocycles. The summed E-state index contributed by atoms with van der Waals surface area (Å²) in [4.78, 5) is 15.5. The highest BCUT2D eigenvalue weighted by Crippen LogP contribution is 2.24. The normalized spacial score (nSPS) is 18.1. The maximum atomic E-state index is 12.9. The van der Waals surface area contributed by atoms with E-state index in [0.29, 0.717) is 12.4 Å². The highest BCUT2D eigenvalue weighted by atomic mass is 35.5. The Morgan fingerprint density at radius 2 is 2.09 bits per heavy atom. The quantitative estimate of drug-likeness (QED) is 0.856. The Labute approximate surface area is 134 Å². The Hall–Kier alpha value is -1.37. The Bertz CT molecular complexity index is 522. The molecule has 122 valence electrons. The molecule has 1 aliphatic rings. The van der Waals surface area contributed by atoms with Gasteiger partial charge in [-0.05, 0) is 25.1 Å². The first kappa shape index (κ1) is 17.0. The predicted molar refractivity (Wildman–Crippen MR) is 83.6 cm³/mol. The molecule has 0 radical (unpaired) electrons. The molecule has 5 nitrogen and oxygen atoms in total. The molecule has 22 heavy (non-hydrogen) atoms. The van der Waals surface area contributed by atoms with Crippen molar-refractivity contribution in [2.75, 3.05) is 39.3 Å². The van der Waals surface area contributed by atoms with Crippen LogP contribution in [0.15, 0.2) is 18.2 Å². The van der Waals surface area contributed by atoms with E-state index in [1.807, 2.05) is 6.92 Å². The number of primary amides is 1. The van der Waals surface area contributed by atoms with Gasteiger partial charge in [0.15, 0.2) is 0 Å². The average molecular weight is 330 g/mol. The van der Waals surface area contributed by atoms with Crippen molar-refractivity contribution in [2.45, 2.75) is 13.0 Å². The van der Waals surface area contributed by atoms with Gasteiger partial charge in [0.2, 0.25) is 5.91 Å². The number of rotatable bonds is 6. The van der Waals surface area contributed by atoms with Crippen LogP contribution in [0.4, 0.5) is 4.39 Å². The lowest BCUT2D eigenvalue weighted by atomic mass is 10.2. The molecule has 0 spiro atoms. The van der Waals surface area contributed by atoms with Crippen LogP contribution >= 0.6 is 11.6 Å². The van der Waals surface area contributed by atoms with Gasteiger partial charge in [0.25, 0.3) is 0 Å². The molecular weight excluding hydrogens is 309 g/mol. The van der Waals surface area contributed by atoms with Crippen molar-refractivity contribution >= 4 is 17.5 Å². The maximum absolute atomic E-state index is 12.9. The number of carbonyl (C=O) groups excluding carboxylic acids is 1. The van der Waals surface area contributed by atoms with Crippen LogP contribution < -0.4 is 10.5 Å². The van der Waals surface area contributed by atoms with Crippen LogP contribution in [0, 0.1) is 5.82 Å². The van der Waals surface area contributed by atoms with Crippen LogP contribution in [-0.4, -0.2) is 61.1 Å². The third-order valence-corrected chi connectivity index (χ3v) is 4.22. The number of halogens is 2. The van der Waals surface area contributed by atoms with Gasteiger partial charge in [-0.3, -0.25) is 14.6 Å². The molecule has 7 heteroatoms. The van der Waals surface area contributed by atoms with Gasteiger partial charge in [0, 0.05) is 32.7 Å². The number of hydrogen-bond acceptors (Lipinski definition) is 4. The minimum atomic E-state index is -0.378. The van der Waals surface area contributed by atoms with Gasteiger partial charge in [-0.1, -0.05) is 11.6 Å². The topological polar surface area (TPSA) is 58.8 Å². The number of carbonyl (C=O) groups is 1. The second-order valence-corrected chi connectivity index (χ2v) is 5.79. The molecule has 0 saturated carbocycles. The molecule has 0 aliphatic carbocycles. The van der Waals surface area contributed by atoms with Crippen LogP contribution in [0.25, 0.3) is 0 Å². The minimum Gasteiger partial charge on any atom is -0.491 e. The number of piperazine rings is 1. The van der Waals surface area contributed by atoms with Gasteiger partial charge in [-0.15, -0.1) is 0 Å². The zero-order valence-electron chi connectivity index (χ0n) is 12.6. The summed E-state index contributed by atoms with van der Waals surface area (Å²) in [5, 5.41) is 0.278. The van der Waals surface area contributed by atoms with E-state index in [-0.39, 0.29) is 22.8 Å². The van der Waals surface area contributed by atoms with E-state index in [2.05, 4.69) is 9.80 Å². The van der Waals surface area contributed by atoms with Crippen molar-refractivity contribution < 1.29 is 13.9 Å². The van der Waals surface area contributed by atoms with Gasteiger partial charge in [0.05, 0.1) is 11.1 Å². The lowest BCUT2D eigenvalue weighted by molar-refractivity contribution is -0.123. The third-order valence-electron chi connectivity index (χ3n) is 3.93. The summed E-state index contributed by atoms with van der Waals surface area (Å²) in [5.41, 5.74) is 5.32. The molecule has 1 aromatic rings. The monoisotopic (exact) mass is 329 g/mol. The fraction of sp³-hybridized carbons (Fsp3) is 0.533. The zero-order chi connectivity index (χ0) is 16.1. The summed E-state index contributed by atoms with van der Waals surface area (Å²) in [5.74, 6) is -0.177. The van der Waals surface area contributed by atoms with Gasteiger partial charge in [0.1, 0.15) is 18.2 Å². The van der Waals surface area contributed by atoms with Crippen LogP contribution in [-0.2, 0) is 4.79 Å². The van der Waals surface area contributed by atoms with E-state index in [0.717, 1.165) is 32.7 Å². The fourth-order valence-corrected chi connectivity index (χ4v) is 2.65. The Kier molecular flexibility index (Phi) is 5.99. The summed E-state index contributed by atoms with van der Waals surface area (Å²) in [7, 11) is 0. The van der Waals surface area contributed by atoms with E-state index < -0.39 is 0 Å². The van der Waals surface area contributed by atoms with E-state index in [4.69, 9.17) is 22.1 Å². The number of hydrogen-bond donors (Lipinski definition) is 1. The molecule has 0 aromatic heterocycles. The number of nitrogens with two attached hydrogens (primary N) is 1. The number of benzene rings is 1. The van der Waals surface area contributed by atoms with E-state index in [9.17, 15) is 9.18 Å². The molecule has 1 atom stereocenters. The van der Waals surface area contributed by atoms with Crippen molar-refractivity contribution in [1.82, 2.24) is 9.80 Å². The fourth-order valence-electron chi connectivity index (χ4n) is 2.43. The second kappa shape index (κ2) is 7.76. The van der Waals surface area contributed by atoms with Crippen molar-refractivity contribution in [1.29, 1.82) is 0 Å². The van der Waals surface area contributed by atoms with Gasteiger partial charge < -0.3 is 10.5 Å². The summed E-state index contributed by atoms with van der Waals surface area (Å²) in [6.07, 6.45) is 0. The maximum Gasteiger partial charge on any atom is 0.234 e. The average Bonchev–Trinajstić information content (AvgIpc) is 2.49. The Morgan fingerprint density at radius 1 is 1.41 bits per heavy atom. The highest BCUT2D eigenvalue weighted by molar-refractivity contribution is 6.32. The van der Waals surface area contributed by atoms with Gasteiger partial charge >= 0.3 is 0 Å². The van der Waals surface area contributed by atoms with Crippen LogP contribution in [0.3, 0.4) is 0 Å². The van der Waals surface area contributed by atoms with Crippen LogP contribution in [0.2, 0.25) is 5.02 Å². The number of ether oxygens (including phenoxy) is 1. The van der Waals surface area contributed by atoms with Gasteiger partial charge in [-0.2, -0.15) is 0 Å². The SMILES string of the molecule is C[C@H](C(N)=O)N1CCN(CCOc2ccc(F)cc2Cl)CC1. The molecule has 1 heterocycles. The molecule has 1 aromatic carbocycles. The van der Waals surface area contributed by atoms with Gasteiger partial charge in [-0.25, -0.2) is 4.39 Å². The zero-order valence-corrected chi connectivity index (χ0v) is 13.4. The summed E-state index contributed by atoms with van der Waals surface area (Å²) in [6.45, 7) is 6.40. The minimum absolute atomic E-state index is 0.226. The Morgan fingerprint density at radius 3 is 2.68 bits per heavy atom. The molecular formula is C15H21ClFN3O2. The molecule has 1 fully saturated rings. The van der Waals surface area contributed by atoms with Crippen LogP contribution in [0.1, 0.15) is 6.92 Å². The lowest BCUT2D eigenvalue weighted by Gasteiger charge is -2.36. The van der Waals surface area contributed by atoms with Crippen molar-refractivity contribution in [3.05, 3.63) is 29.0 Å². The summed E-state index contributed by atoms with van der Waals surface area (Å²) in [6, 6.07) is 3.87. The first-order valence-electron chi connectivity index (χ1n) is 7.31. The van der Waals surface area contributed by atoms with Crippen molar-refractivity contribution in [3.63, 3.8) is 0 Å². The largest absolute Gasteiger partial charge is 0.491 e. The van der Waals surface area contributed by atoms with E-state index in [1.165, 1.54) is 18.2 Å². The molecule has 0 unspecified atom stereocenters. The van der Waals surface area contributed by atoms with Crippen LogP contribution in [0.5, 0.6) is 5.75 Å². The summed E-state index contributed by atoms with van der Waals surface area (Å²) >= 11 is 5.91. The predicted octanol–water partition coefficient (Wildman–Crippen LogP) is 1.35. The number of amides is 1. The Balaban J connectivity index is 1.72. The van der Waals surface area contributed by atoms with E-state index in [1.54, 1.807) is 0 Å². The first-order valence-corrected chi connectivity index (χ1v) is 7.68. The molecule has 1 aliphatic heterocycles. The molecule has 2 rings (SSSR count). The second-order valence-electron chi connectivity index (χ2n) is 5.38. The molecule has 2 N–H and O–H groups in total. The summed E-state index contributed by atoms with van der Waals surface area (Å²) < 4.78 is 18.5. The third kappa shape index (κ3) is 4.56. The van der Waals surface area contributed by atoms with Crippen molar-refractivity contribution in [3.8, 4) is 5.75 Å². The molecule has 0 bridgehead atoms. The first-order chi connectivity index (χ1) is 10.5. The standard InChI is InChI=1S/C15H21ClFN3O2/c1-11(15(18)21)20-6-4-19(5-7-20)8-9-22-14-3-2-12(17)10-13(14)16/h2-3,10-11H,4-9H2,1H3,(H2,18,21)/t11-/m1/s1. The van der Waals surface area contributed by atoms with Crippen molar-refractivity contribution in [2.24, 2.45) is 5.73 Å². The smallest absolute Gasteiger partial charge is 0.234 e. The highest BCUT2D eigenvalue weighted by Gasteiger charge is 2.23. The van der Waals surface area contributed by atoms with E-state index >= 15 is 0 Å². The number of nitrogens with zero attached hydrogens (tertiary/aromatic N) is 2. The lowest BCUT2D eigenvalue weighted by Crippen LogP contribution is -2.53. The molecule has 1 amide bonds.